The maximum Gasteiger partial charge on any atom is 0.338 e. The van der Waals surface area contributed by atoms with Gasteiger partial charge in [-0.1, -0.05) is 42.3 Å². The molecule has 4 nitrogen and oxygen atoms in total. The first-order valence-electron chi connectivity index (χ1n) is 9.91. The number of hydrogen-bond acceptors (Lipinski definition) is 3. The molecule has 1 aliphatic carbocycles. The maximum absolute atomic E-state index is 12.8. The van der Waals surface area contributed by atoms with Crippen LogP contribution in [0.2, 0.25) is 5.02 Å². The van der Waals surface area contributed by atoms with Gasteiger partial charge in [-0.2, -0.15) is 0 Å². The molecule has 0 aliphatic heterocycles. The molecule has 4 rings (SSSR count). The second-order valence-corrected chi connectivity index (χ2v) is 7.74. The Balaban J connectivity index is 1.45. The third-order valence-electron chi connectivity index (χ3n) is 5.32. The van der Waals surface area contributed by atoms with Crippen LogP contribution >= 0.6 is 11.6 Å². The maximum atomic E-state index is 12.8. The van der Waals surface area contributed by atoms with E-state index in [4.69, 9.17) is 16.3 Å². The van der Waals surface area contributed by atoms with Crippen molar-refractivity contribution in [3.8, 4) is 0 Å². The average molecular weight is 408 g/mol. The smallest absolute Gasteiger partial charge is 0.338 e. The van der Waals surface area contributed by atoms with Gasteiger partial charge < -0.3 is 10.1 Å². The number of carbonyl (C=O) groups excluding carboxylic acids is 2. The van der Waals surface area contributed by atoms with E-state index in [0.717, 1.165) is 36.5 Å². The highest BCUT2D eigenvalue weighted by Crippen LogP contribution is 2.27. The van der Waals surface area contributed by atoms with Crippen LogP contribution in [0.15, 0.2) is 60.7 Å². The minimum atomic E-state index is -0.307. The lowest BCUT2D eigenvalue weighted by Crippen LogP contribution is -2.21. The van der Waals surface area contributed by atoms with Crippen molar-refractivity contribution in [2.24, 2.45) is 0 Å². The number of rotatable bonds is 4. The van der Waals surface area contributed by atoms with E-state index in [2.05, 4.69) is 5.32 Å². The van der Waals surface area contributed by atoms with Crippen molar-refractivity contribution < 1.29 is 14.3 Å². The van der Waals surface area contributed by atoms with Crippen molar-refractivity contribution in [3.05, 3.63) is 76.8 Å². The Kier molecular flexibility index (Phi) is 5.81. The summed E-state index contributed by atoms with van der Waals surface area (Å²) < 4.78 is 5.59. The van der Waals surface area contributed by atoms with Gasteiger partial charge in [-0.3, -0.25) is 4.79 Å². The van der Waals surface area contributed by atoms with E-state index in [-0.39, 0.29) is 18.0 Å². The Bertz CT molecular complexity index is 1040. The summed E-state index contributed by atoms with van der Waals surface area (Å²) in [5.74, 6) is -0.533. The summed E-state index contributed by atoms with van der Waals surface area (Å²) in [5.41, 5.74) is 1.65. The summed E-state index contributed by atoms with van der Waals surface area (Å²) in [7, 11) is 0. The zero-order valence-electron chi connectivity index (χ0n) is 16.0. The van der Waals surface area contributed by atoms with Gasteiger partial charge in [-0.15, -0.1) is 0 Å². The molecular weight excluding hydrogens is 386 g/mol. The Morgan fingerprint density at radius 1 is 0.862 bits per heavy atom. The molecule has 1 saturated carbocycles. The van der Waals surface area contributed by atoms with E-state index in [0.29, 0.717) is 21.8 Å². The third kappa shape index (κ3) is 4.43. The van der Waals surface area contributed by atoms with E-state index in [9.17, 15) is 9.59 Å². The molecule has 0 aromatic heterocycles. The molecule has 1 aliphatic rings. The van der Waals surface area contributed by atoms with E-state index >= 15 is 0 Å². The molecule has 1 N–H and O–H groups in total. The fourth-order valence-electron chi connectivity index (χ4n) is 3.76. The van der Waals surface area contributed by atoms with Crippen LogP contribution in [-0.4, -0.2) is 18.0 Å². The summed E-state index contributed by atoms with van der Waals surface area (Å²) in [6.45, 7) is 0. The van der Waals surface area contributed by atoms with Crippen molar-refractivity contribution in [2.45, 2.75) is 38.2 Å². The van der Waals surface area contributed by atoms with Crippen molar-refractivity contribution >= 4 is 39.9 Å². The molecule has 1 amide bonds. The average Bonchev–Trinajstić information content (AvgIpc) is 2.75. The molecule has 29 heavy (non-hydrogen) atoms. The number of nitrogens with one attached hydrogen (secondary N) is 1. The first kappa shape index (κ1) is 19.5. The molecular formula is C24H22ClNO3. The zero-order valence-corrected chi connectivity index (χ0v) is 16.7. The highest BCUT2D eigenvalue weighted by atomic mass is 35.5. The van der Waals surface area contributed by atoms with Gasteiger partial charge in [-0.05, 0) is 67.5 Å². The Morgan fingerprint density at radius 2 is 1.55 bits per heavy atom. The Hall–Kier alpha value is -2.85. The molecule has 0 radical (unpaired) electrons. The van der Waals surface area contributed by atoms with Gasteiger partial charge in [0.25, 0.3) is 5.91 Å². The van der Waals surface area contributed by atoms with Gasteiger partial charge in [0.05, 0.1) is 5.56 Å². The van der Waals surface area contributed by atoms with Crippen LogP contribution in [-0.2, 0) is 4.74 Å². The zero-order chi connectivity index (χ0) is 20.2. The van der Waals surface area contributed by atoms with Gasteiger partial charge >= 0.3 is 5.97 Å². The van der Waals surface area contributed by atoms with Gasteiger partial charge in [0.1, 0.15) is 6.10 Å². The largest absolute Gasteiger partial charge is 0.459 e. The standard InChI is InChI=1S/C24H22ClNO3/c25-22-11-5-8-19-20(22)9-4-10-21(19)23(27)26-17-14-12-16(13-15-17)24(28)29-18-6-2-1-3-7-18/h4-5,8-15,18H,1-3,6-7H2,(H,26,27). The number of halogens is 1. The highest BCUT2D eigenvalue weighted by Gasteiger charge is 2.19. The van der Waals surface area contributed by atoms with Gasteiger partial charge in [-0.25, -0.2) is 4.79 Å². The SMILES string of the molecule is O=C(OC1CCCCC1)c1ccc(NC(=O)c2cccc3c(Cl)cccc23)cc1. The van der Waals surface area contributed by atoms with Crippen molar-refractivity contribution in [1.82, 2.24) is 0 Å². The minimum Gasteiger partial charge on any atom is -0.459 e. The molecule has 0 spiro atoms. The number of hydrogen-bond donors (Lipinski definition) is 1. The number of benzene rings is 3. The van der Waals surface area contributed by atoms with Crippen LogP contribution in [0.25, 0.3) is 10.8 Å². The Morgan fingerprint density at radius 3 is 2.31 bits per heavy atom. The summed E-state index contributed by atoms with van der Waals surface area (Å²) in [4.78, 5) is 25.1. The van der Waals surface area contributed by atoms with E-state index in [1.807, 2.05) is 24.3 Å². The van der Waals surface area contributed by atoms with Crippen LogP contribution in [0.5, 0.6) is 0 Å². The molecule has 0 unspecified atom stereocenters. The molecule has 148 valence electrons. The summed E-state index contributed by atoms with van der Waals surface area (Å²) >= 11 is 6.24. The lowest BCUT2D eigenvalue weighted by Gasteiger charge is -2.21. The van der Waals surface area contributed by atoms with Gasteiger partial charge in [0.15, 0.2) is 0 Å². The summed E-state index contributed by atoms with van der Waals surface area (Å²) in [6.07, 6.45) is 5.34. The minimum absolute atomic E-state index is 0.0221. The number of amides is 1. The fourth-order valence-corrected chi connectivity index (χ4v) is 4.00. The van der Waals surface area contributed by atoms with E-state index in [1.165, 1.54) is 6.42 Å². The van der Waals surface area contributed by atoms with Gasteiger partial charge in [0, 0.05) is 21.7 Å². The molecule has 3 aromatic carbocycles. The van der Waals surface area contributed by atoms with Crippen LogP contribution < -0.4 is 5.32 Å². The van der Waals surface area contributed by atoms with E-state index in [1.54, 1.807) is 36.4 Å². The first-order chi connectivity index (χ1) is 14.1. The van der Waals surface area contributed by atoms with Gasteiger partial charge in [0.2, 0.25) is 0 Å². The fraction of sp³-hybridized carbons (Fsp3) is 0.250. The normalized spacial score (nSPS) is 14.5. The highest BCUT2D eigenvalue weighted by molar-refractivity contribution is 6.36. The molecule has 0 heterocycles. The number of esters is 1. The number of ether oxygens (including phenoxy) is 1. The topological polar surface area (TPSA) is 55.4 Å². The van der Waals surface area contributed by atoms with Crippen LogP contribution in [0.3, 0.4) is 0 Å². The molecule has 1 fully saturated rings. The first-order valence-corrected chi connectivity index (χ1v) is 10.3. The van der Waals surface area contributed by atoms with Crippen LogP contribution in [0.4, 0.5) is 5.69 Å². The predicted octanol–water partition coefficient (Wildman–Crippen LogP) is 6.24. The van der Waals surface area contributed by atoms with Crippen molar-refractivity contribution in [3.63, 3.8) is 0 Å². The summed E-state index contributed by atoms with van der Waals surface area (Å²) in [6, 6.07) is 17.8. The van der Waals surface area contributed by atoms with Crippen molar-refractivity contribution in [2.75, 3.05) is 5.32 Å². The Labute approximate surface area is 174 Å². The molecule has 5 heteroatoms. The molecule has 0 atom stereocenters. The summed E-state index contributed by atoms with van der Waals surface area (Å²) in [5, 5.41) is 5.12. The quantitative estimate of drug-likeness (QED) is 0.521. The lowest BCUT2D eigenvalue weighted by molar-refractivity contribution is 0.0211. The van der Waals surface area contributed by atoms with Crippen molar-refractivity contribution in [1.29, 1.82) is 0 Å². The number of fused-ring (bicyclic) bond motifs is 1. The van der Waals surface area contributed by atoms with E-state index < -0.39 is 0 Å². The third-order valence-corrected chi connectivity index (χ3v) is 5.65. The number of anilines is 1. The van der Waals surface area contributed by atoms with Crippen LogP contribution in [0.1, 0.15) is 52.8 Å². The second-order valence-electron chi connectivity index (χ2n) is 7.34. The molecule has 0 saturated heterocycles. The monoisotopic (exact) mass is 407 g/mol. The lowest BCUT2D eigenvalue weighted by atomic mass is 9.98. The predicted molar refractivity (Wildman–Crippen MR) is 116 cm³/mol. The second kappa shape index (κ2) is 8.66. The number of carbonyl (C=O) groups is 2. The molecule has 0 bridgehead atoms. The van der Waals surface area contributed by atoms with Crippen LogP contribution in [0, 0.1) is 0 Å². The molecule has 3 aromatic rings.